The summed E-state index contributed by atoms with van der Waals surface area (Å²) in [5.74, 6) is 0.685. The topological polar surface area (TPSA) is 58.9 Å². The third kappa shape index (κ3) is 5.80. The van der Waals surface area contributed by atoms with Crippen LogP contribution in [0.3, 0.4) is 0 Å². The van der Waals surface area contributed by atoms with Crippen LogP contribution in [0.25, 0.3) is 21.9 Å². The van der Waals surface area contributed by atoms with Gasteiger partial charge in [0, 0.05) is 29.5 Å². The lowest BCUT2D eigenvalue weighted by Crippen LogP contribution is -2.18. The summed E-state index contributed by atoms with van der Waals surface area (Å²) in [6.45, 7) is 9.84. The third-order valence-electron chi connectivity index (χ3n) is 6.61. The molecule has 1 heterocycles. The number of carbonyl (C=O) groups is 1. The zero-order valence-electron chi connectivity index (χ0n) is 21.6. The minimum Gasteiger partial charge on any atom is -0.479 e. The number of carboxylic acid groups (broad SMARTS) is 1. The highest BCUT2D eigenvalue weighted by atomic mass is 35.5. The van der Waals surface area contributed by atoms with Gasteiger partial charge in [-0.25, -0.2) is 4.79 Å². The average molecular weight is 526 g/mol. The molecule has 0 fully saturated rings. The second-order valence-corrected chi connectivity index (χ2v) is 12.7. The monoisotopic (exact) mass is 525 g/mol. The molecule has 2 atom stereocenters. The molecule has 0 radical (unpaired) electrons. The summed E-state index contributed by atoms with van der Waals surface area (Å²) in [6, 6.07) is 16.5. The molecule has 6 heteroatoms. The van der Waals surface area contributed by atoms with Crippen LogP contribution in [0.1, 0.15) is 57.3 Å². The Bertz CT molecular complexity index is 1270. The molecule has 1 aliphatic rings. The minimum absolute atomic E-state index is 0.408. The number of benzene rings is 3. The quantitative estimate of drug-likeness (QED) is 0.207. The predicted octanol–water partition coefficient (Wildman–Crippen LogP) is 8.23. The maximum Gasteiger partial charge on any atom is 0.337 e. The highest BCUT2D eigenvalue weighted by Gasteiger charge is 2.28. The summed E-state index contributed by atoms with van der Waals surface area (Å²) in [6.07, 6.45) is 1.75. The summed E-state index contributed by atoms with van der Waals surface area (Å²) < 4.78 is 6.00. The highest BCUT2D eigenvalue weighted by Crippen LogP contribution is 2.46. The first-order chi connectivity index (χ1) is 17.3. The van der Waals surface area contributed by atoms with E-state index in [2.05, 4.69) is 45.0 Å². The van der Waals surface area contributed by atoms with E-state index in [1.54, 1.807) is 0 Å². The van der Waals surface area contributed by atoms with E-state index in [1.807, 2.05) is 31.2 Å². The molecule has 0 aliphatic carbocycles. The number of ether oxygens (including phenoxy) is 1. The zero-order chi connectivity index (χ0) is 25.8. The Balaban J connectivity index is 1.93. The molecule has 0 saturated carbocycles. The molecule has 4 nitrogen and oxygen atoms in total. The van der Waals surface area contributed by atoms with Crippen molar-refractivity contribution >= 4 is 44.3 Å². The maximum atomic E-state index is 12.5. The van der Waals surface area contributed by atoms with Gasteiger partial charge in [0.15, 0.2) is 6.10 Å². The van der Waals surface area contributed by atoms with E-state index in [0.717, 1.165) is 64.6 Å². The van der Waals surface area contributed by atoms with Crippen molar-refractivity contribution in [1.29, 1.82) is 0 Å². The first-order valence-corrected chi connectivity index (χ1v) is 14.7. The van der Waals surface area contributed by atoms with Crippen LogP contribution in [0.4, 0.5) is 0 Å². The van der Waals surface area contributed by atoms with E-state index in [9.17, 15) is 9.90 Å². The average Bonchev–Trinajstić information content (AvgIpc) is 3.29. The van der Waals surface area contributed by atoms with E-state index < -0.39 is 23.0 Å². The van der Waals surface area contributed by atoms with Crippen LogP contribution in [-0.4, -0.2) is 35.0 Å². The van der Waals surface area contributed by atoms with Gasteiger partial charge < -0.3 is 9.84 Å². The number of fused-ring (bicyclic) bond motifs is 1. The molecular weight excluding hydrogens is 490 g/mol. The van der Waals surface area contributed by atoms with Gasteiger partial charge in [0.25, 0.3) is 0 Å². The summed E-state index contributed by atoms with van der Waals surface area (Å²) in [5.41, 5.74) is 3.50. The first kappa shape index (κ1) is 26.7. The molecule has 2 unspecified atom stereocenters. The van der Waals surface area contributed by atoms with Gasteiger partial charge in [-0.2, -0.15) is 10.9 Å². The molecule has 36 heavy (non-hydrogen) atoms. The number of hydrogen-bond donors (Lipinski definition) is 2. The lowest BCUT2D eigenvalue weighted by molar-refractivity contribution is -0.151. The van der Waals surface area contributed by atoms with Crippen molar-refractivity contribution < 1.29 is 14.6 Å². The standard InChI is InChI=1S/C30H36ClNO3S/c1-5-6-14-35-29(30(33)34)27-20(4)17-22-9-12-24(36-15-13-32-26(36)16-19(2)3)18-25(22)28(27)21-7-10-23(31)11-8-21/h7-12,17-19,29,36H,5-6,13-16H2,1-4H3,(H,33,34). The highest BCUT2D eigenvalue weighted by molar-refractivity contribution is 8.30. The Hall–Kier alpha value is -2.34. The molecule has 0 saturated heterocycles. The van der Waals surface area contributed by atoms with Crippen molar-refractivity contribution in [3.8, 4) is 11.1 Å². The summed E-state index contributed by atoms with van der Waals surface area (Å²) in [7, 11) is -0.471. The van der Waals surface area contributed by atoms with Crippen molar-refractivity contribution in [2.75, 3.05) is 18.9 Å². The largest absolute Gasteiger partial charge is 0.479 e. The first-order valence-electron chi connectivity index (χ1n) is 12.8. The van der Waals surface area contributed by atoms with E-state index in [0.29, 0.717) is 17.5 Å². The van der Waals surface area contributed by atoms with Crippen molar-refractivity contribution in [2.45, 2.75) is 58.0 Å². The Morgan fingerprint density at radius 1 is 1.17 bits per heavy atom. The zero-order valence-corrected chi connectivity index (χ0v) is 23.2. The Morgan fingerprint density at radius 3 is 2.58 bits per heavy atom. The molecular formula is C30H36ClNO3S. The third-order valence-corrected chi connectivity index (χ3v) is 9.35. The molecule has 3 aromatic rings. The maximum absolute atomic E-state index is 12.5. The van der Waals surface area contributed by atoms with Crippen LogP contribution >= 0.6 is 22.5 Å². The summed E-state index contributed by atoms with van der Waals surface area (Å²) >= 11 is 6.23. The molecule has 192 valence electrons. The van der Waals surface area contributed by atoms with Crippen molar-refractivity contribution in [3.63, 3.8) is 0 Å². The van der Waals surface area contributed by atoms with E-state index in [1.165, 1.54) is 9.94 Å². The Labute approximate surface area is 222 Å². The molecule has 0 spiro atoms. The van der Waals surface area contributed by atoms with Crippen molar-refractivity contribution in [3.05, 3.63) is 64.7 Å². The van der Waals surface area contributed by atoms with Gasteiger partial charge >= 0.3 is 5.97 Å². The van der Waals surface area contributed by atoms with Gasteiger partial charge in [0.2, 0.25) is 0 Å². The molecule has 4 rings (SSSR count). The number of halogens is 1. The van der Waals surface area contributed by atoms with Gasteiger partial charge in [0.1, 0.15) is 0 Å². The predicted molar refractivity (Wildman–Crippen MR) is 154 cm³/mol. The van der Waals surface area contributed by atoms with Gasteiger partial charge in [-0.3, -0.25) is 4.99 Å². The summed E-state index contributed by atoms with van der Waals surface area (Å²) in [5, 5.41) is 14.4. The van der Waals surface area contributed by atoms with Gasteiger partial charge in [-0.15, -0.1) is 0 Å². The van der Waals surface area contributed by atoms with Crippen LogP contribution in [-0.2, 0) is 9.53 Å². The van der Waals surface area contributed by atoms with Gasteiger partial charge in [-0.1, -0.05) is 63.1 Å². The number of aryl methyl sites for hydroxylation is 1. The normalized spacial score (nSPS) is 17.5. The van der Waals surface area contributed by atoms with Crippen molar-refractivity contribution in [2.24, 2.45) is 10.9 Å². The number of aliphatic imine (C=N–C) groups is 1. The number of thiol groups is 1. The lowest BCUT2D eigenvalue weighted by Gasteiger charge is -2.24. The fourth-order valence-electron chi connectivity index (χ4n) is 4.91. The second kappa shape index (κ2) is 11.8. The second-order valence-electron chi connectivity index (χ2n) is 9.88. The van der Waals surface area contributed by atoms with Gasteiger partial charge in [-0.05, 0) is 82.3 Å². The van der Waals surface area contributed by atoms with Crippen LogP contribution in [0, 0.1) is 12.8 Å². The van der Waals surface area contributed by atoms with E-state index in [4.69, 9.17) is 21.3 Å². The Morgan fingerprint density at radius 2 is 1.92 bits per heavy atom. The number of rotatable bonds is 10. The molecule has 0 aromatic heterocycles. The van der Waals surface area contributed by atoms with Crippen LogP contribution in [0.5, 0.6) is 0 Å². The minimum atomic E-state index is -1.04. The van der Waals surface area contributed by atoms with E-state index in [-0.39, 0.29) is 0 Å². The van der Waals surface area contributed by atoms with Gasteiger partial charge in [0.05, 0.1) is 5.04 Å². The number of aliphatic carboxylic acids is 1. The molecule has 3 aromatic carbocycles. The molecule has 1 N–H and O–H groups in total. The molecule has 0 bridgehead atoms. The van der Waals surface area contributed by atoms with E-state index >= 15 is 0 Å². The smallest absolute Gasteiger partial charge is 0.337 e. The van der Waals surface area contributed by atoms with Crippen molar-refractivity contribution in [1.82, 2.24) is 0 Å². The molecule has 1 aliphatic heterocycles. The van der Waals surface area contributed by atoms with Crippen LogP contribution in [0.15, 0.2) is 58.4 Å². The fourth-order valence-corrected chi connectivity index (χ4v) is 7.54. The number of nitrogens with zero attached hydrogens (tertiary/aromatic N) is 1. The number of hydrogen-bond acceptors (Lipinski definition) is 3. The molecule has 0 amide bonds. The number of unbranched alkanes of at least 4 members (excludes halogenated alkanes) is 1. The van der Waals surface area contributed by atoms with Crippen LogP contribution in [0.2, 0.25) is 5.02 Å². The SMILES string of the molecule is CCCCOC(C(=O)O)c1c(C)cc2ccc([SH]3CCN=C3CC(C)C)cc2c1-c1ccc(Cl)cc1. The lowest BCUT2D eigenvalue weighted by atomic mass is 9.87. The van der Waals surface area contributed by atoms with Crippen LogP contribution < -0.4 is 0 Å². The summed E-state index contributed by atoms with van der Waals surface area (Å²) in [4.78, 5) is 18.6. The fraction of sp³-hybridized carbons (Fsp3) is 0.400. The number of carboxylic acids is 1. The Kier molecular flexibility index (Phi) is 8.76.